The predicted octanol–water partition coefficient (Wildman–Crippen LogP) is 3.07. The number of rotatable bonds is 1. The van der Waals surface area contributed by atoms with Crippen LogP contribution in [-0.2, 0) is 0 Å². The summed E-state index contributed by atoms with van der Waals surface area (Å²) in [5.74, 6) is 0.129. The number of hydrogen-bond donors (Lipinski definition) is 0. The Hall–Kier alpha value is -0.900. The molecule has 2 rings (SSSR count). The quantitative estimate of drug-likeness (QED) is 0.730. The minimum Gasteiger partial charge on any atom is -0.338 e. The van der Waals surface area contributed by atoms with Crippen LogP contribution < -0.4 is 0 Å². The van der Waals surface area contributed by atoms with Crippen LogP contribution in [0.1, 0.15) is 23.7 Å². The molecule has 2 unspecified atom stereocenters. The third-order valence-corrected chi connectivity index (χ3v) is 4.42. The highest BCUT2D eigenvalue weighted by Gasteiger charge is 2.27. The van der Waals surface area contributed by atoms with Crippen molar-refractivity contribution >= 4 is 21.8 Å². The van der Waals surface area contributed by atoms with Gasteiger partial charge in [0.25, 0.3) is 5.91 Å². The lowest BCUT2D eigenvalue weighted by Crippen LogP contribution is -2.43. The molecule has 4 heteroatoms. The van der Waals surface area contributed by atoms with E-state index in [1.807, 2.05) is 0 Å². The van der Waals surface area contributed by atoms with Crippen LogP contribution >= 0.6 is 15.9 Å². The molecule has 0 radical (unpaired) electrons. The largest absolute Gasteiger partial charge is 0.338 e. The van der Waals surface area contributed by atoms with Gasteiger partial charge in [-0.05, 0) is 30.5 Å². The van der Waals surface area contributed by atoms with E-state index < -0.39 is 0 Å². The van der Waals surface area contributed by atoms with Crippen molar-refractivity contribution in [2.75, 3.05) is 13.1 Å². The van der Waals surface area contributed by atoms with Crippen LogP contribution in [0.2, 0.25) is 0 Å². The van der Waals surface area contributed by atoms with Gasteiger partial charge in [0.05, 0.1) is 0 Å². The molecule has 0 N–H and O–H groups in total. The second-order valence-corrected chi connectivity index (χ2v) is 5.72. The number of benzene rings is 1. The zero-order valence-corrected chi connectivity index (χ0v) is 11.3. The number of carbonyl (C=O) groups excluding carboxylic acids is 1. The van der Waals surface area contributed by atoms with E-state index in [4.69, 9.17) is 0 Å². The number of piperidine rings is 1. The molecule has 0 aromatic heterocycles. The van der Waals surface area contributed by atoms with E-state index in [-0.39, 0.29) is 11.7 Å². The summed E-state index contributed by atoms with van der Waals surface area (Å²) in [5.41, 5.74) is 0.430. The molecule has 1 fully saturated rings. The molecule has 1 amide bonds. The first-order chi connectivity index (χ1) is 8.08. The van der Waals surface area contributed by atoms with E-state index in [1.165, 1.54) is 12.1 Å². The number of likely N-dealkylation sites (tertiary alicyclic amines) is 1. The molecule has 2 atom stereocenters. The first-order valence-electron chi connectivity index (χ1n) is 5.77. The number of halogens is 2. The minimum absolute atomic E-state index is 0.0825. The van der Waals surface area contributed by atoms with E-state index in [0.29, 0.717) is 22.9 Å². The van der Waals surface area contributed by atoms with Crippen molar-refractivity contribution in [1.29, 1.82) is 0 Å². The molecule has 0 bridgehead atoms. The molecule has 92 valence electrons. The Kier molecular flexibility index (Phi) is 3.82. The van der Waals surface area contributed by atoms with Crippen LogP contribution in [0.3, 0.4) is 0 Å². The summed E-state index contributed by atoms with van der Waals surface area (Å²) in [6.45, 7) is 3.61. The van der Waals surface area contributed by atoms with Crippen molar-refractivity contribution in [2.45, 2.75) is 18.2 Å². The van der Waals surface area contributed by atoms with Crippen LogP contribution in [0.4, 0.5) is 4.39 Å². The fourth-order valence-corrected chi connectivity index (χ4v) is 2.62. The fourth-order valence-electron chi connectivity index (χ4n) is 2.01. The molecule has 1 heterocycles. The maximum Gasteiger partial charge on any atom is 0.253 e. The van der Waals surface area contributed by atoms with Gasteiger partial charge >= 0.3 is 0 Å². The van der Waals surface area contributed by atoms with Crippen molar-refractivity contribution < 1.29 is 9.18 Å². The molecule has 1 aromatic carbocycles. The van der Waals surface area contributed by atoms with Crippen LogP contribution in [0.5, 0.6) is 0 Å². The zero-order valence-electron chi connectivity index (χ0n) is 9.70. The second kappa shape index (κ2) is 5.17. The maximum absolute atomic E-state index is 13.1. The Morgan fingerprint density at radius 3 is 2.94 bits per heavy atom. The fraction of sp³-hybridized carbons (Fsp3) is 0.462. The summed E-state index contributed by atoms with van der Waals surface area (Å²) in [7, 11) is 0. The lowest BCUT2D eigenvalue weighted by Gasteiger charge is -2.34. The summed E-state index contributed by atoms with van der Waals surface area (Å²) in [5, 5.41) is 0. The lowest BCUT2D eigenvalue weighted by molar-refractivity contribution is 0.0705. The normalized spacial score (nSPS) is 24.8. The first kappa shape index (κ1) is 12.6. The van der Waals surface area contributed by atoms with E-state index in [1.54, 1.807) is 17.0 Å². The average molecular weight is 300 g/mol. The predicted molar refractivity (Wildman–Crippen MR) is 68.8 cm³/mol. The Morgan fingerprint density at radius 1 is 1.53 bits per heavy atom. The van der Waals surface area contributed by atoms with E-state index in [9.17, 15) is 9.18 Å². The molecule has 0 spiro atoms. The molecule has 0 aliphatic carbocycles. The topological polar surface area (TPSA) is 20.3 Å². The molecule has 17 heavy (non-hydrogen) atoms. The molecular formula is C13H15BrFNO. The Morgan fingerprint density at radius 2 is 2.29 bits per heavy atom. The van der Waals surface area contributed by atoms with Gasteiger partial charge in [-0.2, -0.15) is 0 Å². The highest BCUT2D eigenvalue weighted by atomic mass is 79.9. The number of carbonyl (C=O) groups is 1. The van der Waals surface area contributed by atoms with Crippen molar-refractivity contribution in [2.24, 2.45) is 5.92 Å². The molecule has 1 aliphatic heterocycles. The number of alkyl halides is 1. The molecule has 0 saturated carbocycles. The van der Waals surface area contributed by atoms with Crippen LogP contribution in [0.25, 0.3) is 0 Å². The van der Waals surface area contributed by atoms with Crippen LogP contribution in [-0.4, -0.2) is 28.7 Å². The van der Waals surface area contributed by atoms with Crippen molar-refractivity contribution in [3.8, 4) is 0 Å². The monoisotopic (exact) mass is 299 g/mol. The minimum atomic E-state index is -0.364. The maximum atomic E-state index is 13.1. The van der Waals surface area contributed by atoms with Gasteiger partial charge in [-0.3, -0.25) is 4.79 Å². The van der Waals surface area contributed by atoms with Gasteiger partial charge in [0.2, 0.25) is 0 Å². The zero-order chi connectivity index (χ0) is 12.4. The van der Waals surface area contributed by atoms with Gasteiger partial charge in [-0.1, -0.05) is 28.9 Å². The first-order valence-corrected chi connectivity index (χ1v) is 6.68. The van der Waals surface area contributed by atoms with Crippen molar-refractivity contribution in [1.82, 2.24) is 4.90 Å². The van der Waals surface area contributed by atoms with Crippen LogP contribution in [0.15, 0.2) is 24.3 Å². The van der Waals surface area contributed by atoms with Crippen molar-refractivity contribution in [3.63, 3.8) is 0 Å². The Bertz CT molecular complexity index is 424. The summed E-state index contributed by atoms with van der Waals surface area (Å²) >= 11 is 3.58. The molecule has 2 nitrogen and oxygen atoms in total. The van der Waals surface area contributed by atoms with Gasteiger partial charge in [0.1, 0.15) is 5.82 Å². The van der Waals surface area contributed by atoms with Crippen molar-refractivity contribution in [3.05, 3.63) is 35.6 Å². The smallest absolute Gasteiger partial charge is 0.253 e. The number of hydrogen-bond acceptors (Lipinski definition) is 1. The number of nitrogens with zero attached hydrogens (tertiary/aromatic N) is 1. The summed E-state index contributed by atoms with van der Waals surface area (Å²) in [6.07, 6.45) is 0.983. The molecule has 1 saturated heterocycles. The third-order valence-electron chi connectivity index (χ3n) is 3.23. The van der Waals surface area contributed by atoms with Gasteiger partial charge in [-0.15, -0.1) is 0 Å². The van der Waals surface area contributed by atoms with Gasteiger partial charge in [0.15, 0.2) is 0 Å². The van der Waals surface area contributed by atoms with Gasteiger partial charge in [-0.25, -0.2) is 4.39 Å². The molecule has 1 aromatic rings. The lowest BCUT2D eigenvalue weighted by atomic mass is 9.98. The van der Waals surface area contributed by atoms with Gasteiger partial charge in [0, 0.05) is 23.5 Å². The molecule has 1 aliphatic rings. The Labute approximate surface area is 109 Å². The SMILES string of the molecule is CC1CCN(C(=O)c2cccc(F)c2)CC1Br. The average Bonchev–Trinajstić information content (AvgIpc) is 2.32. The van der Waals surface area contributed by atoms with Crippen LogP contribution in [0, 0.1) is 11.7 Å². The number of amides is 1. The summed E-state index contributed by atoms with van der Waals surface area (Å²) in [4.78, 5) is 14.3. The van der Waals surface area contributed by atoms with E-state index in [2.05, 4.69) is 22.9 Å². The molecular weight excluding hydrogens is 285 g/mol. The van der Waals surface area contributed by atoms with E-state index in [0.717, 1.165) is 13.0 Å². The summed E-state index contributed by atoms with van der Waals surface area (Å²) in [6, 6.07) is 5.87. The van der Waals surface area contributed by atoms with Gasteiger partial charge < -0.3 is 4.90 Å². The van der Waals surface area contributed by atoms with E-state index >= 15 is 0 Å². The Balaban J connectivity index is 2.10. The summed E-state index contributed by atoms with van der Waals surface area (Å²) < 4.78 is 13.1. The third kappa shape index (κ3) is 2.86. The second-order valence-electron chi connectivity index (χ2n) is 4.54. The highest BCUT2D eigenvalue weighted by Crippen LogP contribution is 2.24. The highest BCUT2D eigenvalue weighted by molar-refractivity contribution is 9.09. The standard InChI is InChI=1S/C13H15BrFNO/c1-9-5-6-16(8-12(9)14)13(17)10-3-2-4-11(15)7-10/h2-4,7,9,12H,5-6,8H2,1H3.